The summed E-state index contributed by atoms with van der Waals surface area (Å²) >= 11 is 1.60. The number of nitrogens with zero attached hydrogens (tertiary/aromatic N) is 1. The first-order valence-electron chi connectivity index (χ1n) is 6.78. The number of benzene rings is 1. The number of amides is 1. The Balaban J connectivity index is 1.58. The van der Waals surface area contributed by atoms with Crippen molar-refractivity contribution in [2.45, 2.75) is 25.3 Å². The molecule has 1 amide bonds. The van der Waals surface area contributed by atoms with Gasteiger partial charge in [-0.3, -0.25) is 4.79 Å². The Kier molecular flexibility index (Phi) is 3.80. The van der Waals surface area contributed by atoms with Gasteiger partial charge in [-0.15, -0.1) is 11.3 Å². The summed E-state index contributed by atoms with van der Waals surface area (Å²) < 4.78 is 0. The summed E-state index contributed by atoms with van der Waals surface area (Å²) in [6.45, 7) is 0. The van der Waals surface area contributed by atoms with Crippen molar-refractivity contribution in [2.75, 3.05) is 5.32 Å². The van der Waals surface area contributed by atoms with Crippen molar-refractivity contribution in [3.63, 3.8) is 0 Å². The third-order valence-electron chi connectivity index (χ3n) is 3.50. The van der Waals surface area contributed by atoms with Crippen LogP contribution in [0, 0.1) is 5.92 Å². The molecule has 0 aliphatic heterocycles. The van der Waals surface area contributed by atoms with E-state index in [0.29, 0.717) is 12.3 Å². The molecule has 4 nitrogen and oxygen atoms in total. The minimum absolute atomic E-state index is 0.00425. The summed E-state index contributed by atoms with van der Waals surface area (Å²) in [5, 5.41) is 5.83. The third-order valence-corrected chi connectivity index (χ3v) is 4.32. The molecule has 1 heterocycles. The van der Waals surface area contributed by atoms with Crippen LogP contribution in [0.1, 0.15) is 19.3 Å². The first-order chi connectivity index (χ1) is 9.72. The molecule has 5 heteroatoms. The zero-order valence-corrected chi connectivity index (χ0v) is 11.9. The minimum Gasteiger partial charge on any atom is -0.327 e. The lowest BCUT2D eigenvalue weighted by atomic mass is 10.1. The summed E-state index contributed by atoms with van der Waals surface area (Å²) in [7, 11) is 0. The van der Waals surface area contributed by atoms with Gasteiger partial charge in [0.25, 0.3) is 0 Å². The van der Waals surface area contributed by atoms with Crippen LogP contribution in [0.3, 0.4) is 0 Å². The van der Waals surface area contributed by atoms with Gasteiger partial charge in [0.2, 0.25) is 5.91 Å². The highest BCUT2D eigenvalue weighted by Crippen LogP contribution is 2.32. The molecule has 20 heavy (non-hydrogen) atoms. The van der Waals surface area contributed by atoms with Crippen LogP contribution in [0.25, 0.3) is 10.6 Å². The van der Waals surface area contributed by atoms with Crippen LogP contribution in [0.15, 0.2) is 35.8 Å². The third kappa shape index (κ3) is 3.23. The average Bonchev–Trinajstić information content (AvgIpc) is 3.15. The molecule has 3 rings (SSSR count). The van der Waals surface area contributed by atoms with E-state index in [1.165, 1.54) is 0 Å². The largest absolute Gasteiger partial charge is 0.327 e. The summed E-state index contributed by atoms with van der Waals surface area (Å²) in [4.78, 5) is 16.1. The Morgan fingerprint density at radius 1 is 1.40 bits per heavy atom. The van der Waals surface area contributed by atoms with E-state index in [1.54, 1.807) is 17.5 Å². The number of anilines is 1. The predicted molar refractivity (Wildman–Crippen MR) is 81.5 cm³/mol. The quantitative estimate of drug-likeness (QED) is 0.888. The van der Waals surface area contributed by atoms with E-state index in [1.807, 2.05) is 29.6 Å². The molecule has 1 aliphatic rings. The molecule has 1 saturated carbocycles. The maximum Gasteiger partial charge on any atom is 0.225 e. The van der Waals surface area contributed by atoms with E-state index in [-0.39, 0.29) is 11.9 Å². The summed E-state index contributed by atoms with van der Waals surface area (Å²) in [6.07, 6.45) is 4.52. The summed E-state index contributed by atoms with van der Waals surface area (Å²) in [6, 6.07) is 7.74. The van der Waals surface area contributed by atoms with Gasteiger partial charge in [-0.2, -0.15) is 0 Å². The Morgan fingerprint density at radius 2 is 2.15 bits per heavy atom. The van der Waals surface area contributed by atoms with Gasteiger partial charge < -0.3 is 11.1 Å². The molecule has 0 saturated heterocycles. The second-order valence-electron chi connectivity index (χ2n) is 5.17. The number of hydrogen-bond donors (Lipinski definition) is 2. The van der Waals surface area contributed by atoms with Crippen LogP contribution in [0.2, 0.25) is 0 Å². The van der Waals surface area contributed by atoms with Crippen LogP contribution in [-0.4, -0.2) is 16.9 Å². The second-order valence-corrected chi connectivity index (χ2v) is 6.06. The van der Waals surface area contributed by atoms with Gasteiger partial charge in [-0.1, -0.05) is 0 Å². The molecular weight excluding hydrogens is 270 g/mol. The van der Waals surface area contributed by atoms with Crippen LogP contribution in [-0.2, 0) is 4.79 Å². The maximum atomic E-state index is 11.9. The lowest BCUT2D eigenvalue weighted by Crippen LogP contribution is -2.28. The molecule has 1 atom stereocenters. The lowest BCUT2D eigenvalue weighted by molar-refractivity contribution is -0.116. The molecule has 0 spiro atoms. The van der Waals surface area contributed by atoms with E-state index < -0.39 is 0 Å². The van der Waals surface area contributed by atoms with Crippen LogP contribution >= 0.6 is 11.3 Å². The average molecular weight is 287 g/mol. The molecule has 2 aromatic rings. The van der Waals surface area contributed by atoms with E-state index in [9.17, 15) is 4.79 Å². The molecule has 1 aliphatic carbocycles. The highest BCUT2D eigenvalue weighted by Gasteiger charge is 2.29. The van der Waals surface area contributed by atoms with E-state index >= 15 is 0 Å². The fourth-order valence-corrected chi connectivity index (χ4v) is 2.82. The fourth-order valence-electron chi connectivity index (χ4n) is 2.18. The smallest absolute Gasteiger partial charge is 0.225 e. The standard InChI is InChI=1S/C15H17N3OS/c16-13(10-1-2-10)9-14(19)18-12-5-3-11(4-6-12)15-17-7-8-20-15/h3-8,10,13H,1-2,9,16H2,(H,18,19). The number of nitrogens with two attached hydrogens (primary N) is 1. The number of carbonyl (C=O) groups excluding carboxylic acids is 1. The van der Waals surface area contributed by atoms with Crippen molar-refractivity contribution >= 4 is 22.9 Å². The summed E-state index contributed by atoms with van der Waals surface area (Å²) in [5.74, 6) is 0.541. The van der Waals surface area contributed by atoms with Gasteiger partial charge in [0.05, 0.1) is 0 Å². The molecule has 1 fully saturated rings. The van der Waals surface area contributed by atoms with Gasteiger partial charge in [0.1, 0.15) is 5.01 Å². The first kappa shape index (κ1) is 13.3. The van der Waals surface area contributed by atoms with E-state index in [2.05, 4.69) is 10.3 Å². The normalized spacial score (nSPS) is 15.8. The van der Waals surface area contributed by atoms with E-state index in [0.717, 1.165) is 29.1 Å². The Morgan fingerprint density at radius 3 is 2.75 bits per heavy atom. The number of carbonyl (C=O) groups is 1. The zero-order valence-electron chi connectivity index (χ0n) is 11.1. The summed E-state index contributed by atoms with van der Waals surface area (Å²) in [5.41, 5.74) is 7.82. The minimum atomic E-state index is -0.00796. The second kappa shape index (κ2) is 5.73. The van der Waals surface area contributed by atoms with Gasteiger partial charge in [-0.05, 0) is 43.0 Å². The van der Waals surface area contributed by atoms with Crippen LogP contribution in [0.4, 0.5) is 5.69 Å². The SMILES string of the molecule is NC(CC(=O)Nc1ccc(-c2nccs2)cc1)C1CC1. The van der Waals surface area contributed by atoms with Gasteiger partial charge in [0.15, 0.2) is 0 Å². The fraction of sp³-hybridized carbons (Fsp3) is 0.333. The first-order valence-corrected chi connectivity index (χ1v) is 7.66. The monoisotopic (exact) mass is 287 g/mol. The number of thiazole rings is 1. The van der Waals surface area contributed by atoms with Crippen molar-refractivity contribution in [2.24, 2.45) is 11.7 Å². The highest BCUT2D eigenvalue weighted by atomic mass is 32.1. The molecule has 0 bridgehead atoms. The number of hydrogen-bond acceptors (Lipinski definition) is 4. The van der Waals surface area contributed by atoms with Crippen LogP contribution < -0.4 is 11.1 Å². The molecular formula is C15H17N3OS. The Hall–Kier alpha value is -1.72. The molecule has 1 aromatic carbocycles. The van der Waals surface area contributed by atoms with Crippen molar-refractivity contribution in [3.05, 3.63) is 35.8 Å². The Bertz CT molecular complexity index is 576. The van der Waals surface area contributed by atoms with Crippen molar-refractivity contribution in [1.29, 1.82) is 0 Å². The number of rotatable bonds is 5. The zero-order chi connectivity index (χ0) is 13.9. The Labute approximate surface area is 122 Å². The van der Waals surface area contributed by atoms with Crippen molar-refractivity contribution in [3.8, 4) is 10.6 Å². The van der Waals surface area contributed by atoms with Crippen molar-refractivity contribution in [1.82, 2.24) is 4.98 Å². The lowest BCUT2D eigenvalue weighted by Gasteiger charge is -2.10. The molecule has 0 radical (unpaired) electrons. The van der Waals surface area contributed by atoms with Crippen LogP contribution in [0.5, 0.6) is 0 Å². The van der Waals surface area contributed by atoms with Gasteiger partial charge in [0, 0.05) is 35.3 Å². The number of nitrogens with one attached hydrogen (secondary N) is 1. The molecule has 104 valence electrons. The highest BCUT2D eigenvalue weighted by molar-refractivity contribution is 7.13. The maximum absolute atomic E-state index is 11.9. The molecule has 1 aromatic heterocycles. The molecule has 1 unspecified atom stereocenters. The predicted octanol–water partition coefficient (Wildman–Crippen LogP) is 2.88. The molecule has 3 N–H and O–H groups in total. The number of aromatic nitrogens is 1. The van der Waals surface area contributed by atoms with Crippen molar-refractivity contribution < 1.29 is 4.79 Å². The van der Waals surface area contributed by atoms with E-state index in [4.69, 9.17) is 5.73 Å². The van der Waals surface area contributed by atoms with Gasteiger partial charge >= 0.3 is 0 Å². The van der Waals surface area contributed by atoms with Gasteiger partial charge in [-0.25, -0.2) is 4.98 Å². The topological polar surface area (TPSA) is 68.0 Å².